The van der Waals surface area contributed by atoms with Gasteiger partial charge in [-0.1, -0.05) is 45.1 Å². The topological polar surface area (TPSA) is 83.5 Å². The summed E-state index contributed by atoms with van der Waals surface area (Å²) in [7, 11) is 0. The highest BCUT2D eigenvalue weighted by Crippen LogP contribution is 2.17. The molecule has 0 spiro atoms. The molecule has 0 aromatic heterocycles. The van der Waals surface area contributed by atoms with Crippen LogP contribution in [0.1, 0.15) is 111 Å². The first kappa shape index (κ1) is 38.1. The standard InChI is InChI=1S/C34H60NO7/c1-5-9-11-13-15-17-25-39-33(40-26-18-16-14-12-10-6-2)22-21-32(36)38-27-23-31(7-3)42-34(37)41-29-30-20-19-24-35(8-4)28-30/h9-12,30-31,33H,3,5-8,13-29H2,1-2,4H3/b11-9-,12-10-. The average molecular weight is 595 g/mol. The molecular weight excluding hydrogens is 534 g/mol. The molecule has 0 N–H and O–H groups in total. The zero-order valence-corrected chi connectivity index (χ0v) is 26.9. The number of likely N-dealkylation sites (tertiary alicyclic amines) is 1. The molecule has 0 aromatic carbocycles. The van der Waals surface area contributed by atoms with Crippen molar-refractivity contribution in [2.45, 2.75) is 123 Å². The Kier molecular flexibility index (Phi) is 24.2. The fourth-order valence-electron chi connectivity index (χ4n) is 4.75. The van der Waals surface area contributed by atoms with Crippen molar-refractivity contribution in [2.24, 2.45) is 5.92 Å². The van der Waals surface area contributed by atoms with E-state index in [4.69, 9.17) is 23.7 Å². The van der Waals surface area contributed by atoms with Gasteiger partial charge in [-0.05, 0) is 90.6 Å². The van der Waals surface area contributed by atoms with Crippen LogP contribution in [-0.2, 0) is 28.5 Å². The van der Waals surface area contributed by atoms with Crippen LogP contribution in [0.15, 0.2) is 24.3 Å². The number of carbonyl (C=O) groups excluding carboxylic acids is 2. The van der Waals surface area contributed by atoms with E-state index in [1.54, 1.807) is 0 Å². The average Bonchev–Trinajstić information content (AvgIpc) is 3.00. The van der Waals surface area contributed by atoms with Crippen LogP contribution in [0.25, 0.3) is 0 Å². The summed E-state index contributed by atoms with van der Waals surface area (Å²) in [4.78, 5) is 27.0. The highest BCUT2D eigenvalue weighted by Gasteiger charge is 2.22. The minimum Gasteiger partial charge on any atom is -0.466 e. The zero-order chi connectivity index (χ0) is 30.7. The zero-order valence-electron chi connectivity index (χ0n) is 26.9. The second-order valence-corrected chi connectivity index (χ2v) is 11.0. The fraction of sp³-hybridized carbons (Fsp3) is 0.794. The Labute approximate surface area is 256 Å². The maximum Gasteiger partial charge on any atom is 0.508 e. The molecule has 1 heterocycles. The van der Waals surface area contributed by atoms with E-state index >= 15 is 0 Å². The summed E-state index contributed by atoms with van der Waals surface area (Å²) in [6.07, 6.45) is 19.1. The molecule has 0 bridgehead atoms. The third-order valence-corrected chi connectivity index (χ3v) is 7.30. The van der Waals surface area contributed by atoms with Crippen molar-refractivity contribution in [3.05, 3.63) is 31.2 Å². The predicted molar refractivity (Wildman–Crippen MR) is 168 cm³/mol. The number of allylic oxidation sites excluding steroid dienone is 4. The molecular formula is C34H60NO7. The van der Waals surface area contributed by atoms with Gasteiger partial charge in [0.15, 0.2) is 6.29 Å². The summed E-state index contributed by atoms with van der Waals surface area (Å²) in [5.74, 6) is 0.0258. The monoisotopic (exact) mass is 594 g/mol. The van der Waals surface area contributed by atoms with Crippen molar-refractivity contribution >= 4 is 12.1 Å². The van der Waals surface area contributed by atoms with E-state index in [1.807, 2.05) is 0 Å². The summed E-state index contributed by atoms with van der Waals surface area (Å²) < 4.78 is 28.2. The second kappa shape index (κ2) is 26.7. The number of unbranched alkanes of at least 4 members (excludes halogenated alkanes) is 4. The molecule has 0 amide bonds. The minimum atomic E-state index is -0.677. The predicted octanol–water partition coefficient (Wildman–Crippen LogP) is 7.81. The van der Waals surface area contributed by atoms with Crippen LogP contribution < -0.4 is 0 Å². The van der Waals surface area contributed by atoms with Crippen LogP contribution in [0.5, 0.6) is 0 Å². The smallest absolute Gasteiger partial charge is 0.466 e. The van der Waals surface area contributed by atoms with Gasteiger partial charge in [-0.25, -0.2) is 4.79 Å². The van der Waals surface area contributed by atoms with Crippen molar-refractivity contribution in [1.82, 2.24) is 4.90 Å². The van der Waals surface area contributed by atoms with Crippen molar-refractivity contribution in [3.63, 3.8) is 0 Å². The molecule has 1 fully saturated rings. The molecule has 2 atom stereocenters. The lowest BCUT2D eigenvalue weighted by atomic mass is 9.99. The molecule has 0 aromatic rings. The van der Waals surface area contributed by atoms with Crippen molar-refractivity contribution in [1.29, 1.82) is 0 Å². The molecule has 0 saturated carbocycles. The Morgan fingerprint density at radius 2 is 1.55 bits per heavy atom. The first-order valence-corrected chi connectivity index (χ1v) is 16.6. The Morgan fingerprint density at radius 3 is 2.14 bits per heavy atom. The van der Waals surface area contributed by atoms with Gasteiger partial charge in [0.1, 0.15) is 6.10 Å². The molecule has 8 nitrogen and oxygen atoms in total. The number of piperidine rings is 1. The van der Waals surface area contributed by atoms with E-state index in [2.05, 4.69) is 56.9 Å². The normalized spacial score (nSPS) is 16.8. The number of hydrogen-bond donors (Lipinski definition) is 0. The first-order valence-electron chi connectivity index (χ1n) is 16.6. The summed E-state index contributed by atoms with van der Waals surface area (Å²) in [5.41, 5.74) is 0. The van der Waals surface area contributed by atoms with Crippen LogP contribution in [-0.4, -0.2) is 75.5 Å². The molecule has 42 heavy (non-hydrogen) atoms. The van der Waals surface area contributed by atoms with E-state index < -0.39 is 18.5 Å². The van der Waals surface area contributed by atoms with E-state index in [0.29, 0.717) is 45.0 Å². The van der Waals surface area contributed by atoms with E-state index in [-0.39, 0.29) is 19.0 Å². The maximum absolute atomic E-state index is 12.4. The molecule has 1 radical (unpaired) electrons. The number of esters is 1. The van der Waals surface area contributed by atoms with Crippen molar-refractivity contribution < 1.29 is 33.3 Å². The summed E-state index contributed by atoms with van der Waals surface area (Å²) in [6, 6.07) is 0. The van der Waals surface area contributed by atoms with Gasteiger partial charge < -0.3 is 28.6 Å². The lowest BCUT2D eigenvalue weighted by Crippen LogP contribution is -2.37. The number of rotatable bonds is 25. The van der Waals surface area contributed by atoms with Gasteiger partial charge in [-0.2, -0.15) is 0 Å². The third kappa shape index (κ3) is 20.9. The summed E-state index contributed by atoms with van der Waals surface area (Å²) >= 11 is 0. The second-order valence-electron chi connectivity index (χ2n) is 11.0. The van der Waals surface area contributed by atoms with Gasteiger partial charge in [-0.15, -0.1) is 0 Å². The fourth-order valence-corrected chi connectivity index (χ4v) is 4.75. The number of carbonyl (C=O) groups is 2. The van der Waals surface area contributed by atoms with E-state index in [9.17, 15) is 9.59 Å². The largest absolute Gasteiger partial charge is 0.508 e. The Balaban J connectivity index is 2.31. The van der Waals surface area contributed by atoms with Crippen LogP contribution in [0.3, 0.4) is 0 Å². The molecule has 8 heteroatoms. The molecule has 0 aliphatic carbocycles. The Bertz CT molecular complexity index is 703. The number of nitrogens with zero attached hydrogens (tertiary/aromatic N) is 1. The highest BCUT2D eigenvalue weighted by molar-refractivity contribution is 5.69. The first-order chi connectivity index (χ1) is 20.5. The van der Waals surface area contributed by atoms with Crippen molar-refractivity contribution in [2.75, 3.05) is 46.1 Å². The van der Waals surface area contributed by atoms with Crippen LogP contribution in [0.2, 0.25) is 0 Å². The van der Waals surface area contributed by atoms with Gasteiger partial charge >= 0.3 is 12.1 Å². The number of hydrogen-bond acceptors (Lipinski definition) is 8. The summed E-state index contributed by atoms with van der Waals surface area (Å²) in [5, 5.41) is 0. The quantitative estimate of drug-likeness (QED) is 0.0458. The molecule has 1 aliphatic heterocycles. The van der Waals surface area contributed by atoms with E-state index in [0.717, 1.165) is 83.8 Å². The molecule has 1 aliphatic rings. The third-order valence-electron chi connectivity index (χ3n) is 7.30. The van der Waals surface area contributed by atoms with Crippen LogP contribution in [0.4, 0.5) is 4.79 Å². The van der Waals surface area contributed by atoms with Gasteiger partial charge in [0.25, 0.3) is 0 Å². The van der Waals surface area contributed by atoms with Gasteiger partial charge in [0.2, 0.25) is 0 Å². The number of ether oxygens (including phenoxy) is 5. The summed E-state index contributed by atoms with van der Waals surface area (Å²) in [6.45, 7) is 15.1. The molecule has 1 saturated heterocycles. The lowest BCUT2D eigenvalue weighted by molar-refractivity contribution is -0.159. The van der Waals surface area contributed by atoms with Crippen LogP contribution in [0, 0.1) is 12.8 Å². The molecule has 2 unspecified atom stereocenters. The van der Waals surface area contributed by atoms with Gasteiger partial charge in [0, 0.05) is 38.5 Å². The minimum absolute atomic E-state index is 0.156. The van der Waals surface area contributed by atoms with Gasteiger partial charge in [-0.3, -0.25) is 4.79 Å². The molecule has 243 valence electrons. The SMILES string of the molecule is [CH2]CC(CCOC(=O)CCC(OCCCC/C=C\CC)OCCCC/C=C\CC)OC(=O)OCC1CCCN(CC)C1. The Morgan fingerprint density at radius 1 is 0.881 bits per heavy atom. The van der Waals surface area contributed by atoms with Crippen LogP contribution >= 0.6 is 0 Å². The molecule has 1 rings (SSSR count). The Hall–Kier alpha value is -1.90. The maximum atomic E-state index is 12.4. The van der Waals surface area contributed by atoms with E-state index in [1.165, 1.54) is 0 Å². The lowest BCUT2D eigenvalue weighted by Gasteiger charge is -2.31. The van der Waals surface area contributed by atoms with Gasteiger partial charge in [0.05, 0.1) is 19.6 Å². The highest BCUT2D eigenvalue weighted by atomic mass is 16.7. The van der Waals surface area contributed by atoms with Crippen molar-refractivity contribution in [3.8, 4) is 0 Å².